The molecule has 5 nitrogen and oxygen atoms in total. The largest absolute Gasteiger partial charge is 0.451 e. The number of carbonyl (C=O) groups excluding carboxylic acids is 2. The number of halogens is 2. The van der Waals surface area contributed by atoms with Crippen molar-refractivity contribution in [1.29, 1.82) is 0 Å². The highest BCUT2D eigenvalue weighted by atomic mass is 35.5. The first-order valence-electron chi connectivity index (χ1n) is 7.26. The molecule has 1 aromatic heterocycles. The molecule has 22 heavy (non-hydrogen) atoms. The third-order valence-electron chi connectivity index (χ3n) is 3.80. The van der Waals surface area contributed by atoms with E-state index in [1.165, 1.54) is 18.6 Å². The summed E-state index contributed by atoms with van der Waals surface area (Å²) in [4.78, 5) is 27.6. The number of aromatic nitrogens is 1. The van der Waals surface area contributed by atoms with Gasteiger partial charge >= 0.3 is 5.97 Å². The fourth-order valence-electron chi connectivity index (χ4n) is 2.54. The lowest BCUT2D eigenvalue weighted by molar-refractivity contribution is -0.125. The zero-order valence-corrected chi connectivity index (χ0v) is 13.8. The number of hydrogen-bond acceptors (Lipinski definition) is 4. The molecule has 0 aliphatic heterocycles. The average molecular weight is 345 g/mol. The van der Waals surface area contributed by atoms with E-state index in [1.54, 1.807) is 0 Å². The summed E-state index contributed by atoms with van der Waals surface area (Å²) in [7, 11) is 0. The van der Waals surface area contributed by atoms with Crippen LogP contribution < -0.4 is 5.32 Å². The molecule has 0 bridgehead atoms. The Morgan fingerprint density at radius 1 is 1.32 bits per heavy atom. The second-order valence-electron chi connectivity index (χ2n) is 5.48. The predicted octanol–water partition coefficient (Wildman–Crippen LogP) is 3.24. The minimum atomic E-state index is -0.764. The van der Waals surface area contributed by atoms with Gasteiger partial charge in [0.05, 0.1) is 5.02 Å². The molecule has 1 amide bonds. The lowest BCUT2D eigenvalue weighted by atomic mass is 9.86. The van der Waals surface area contributed by atoms with E-state index in [1.807, 2.05) is 0 Å². The molecule has 1 aromatic rings. The number of amides is 1. The van der Waals surface area contributed by atoms with Crippen molar-refractivity contribution >= 4 is 35.1 Å². The molecule has 1 aliphatic carbocycles. The van der Waals surface area contributed by atoms with Gasteiger partial charge in [0, 0.05) is 6.04 Å². The molecule has 0 radical (unpaired) electrons. The van der Waals surface area contributed by atoms with Gasteiger partial charge in [-0.2, -0.15) is 0 Å². The molecule has 0 unspecified atom stereocenters. The Balaban J connectivity index is 1.85. The molecule has 7 heteroatoms. The maximum absolute atomic E-state index is 11.9. The summed E-state index contributed by atoms with van der Waals surface area (Å²) in [5, 5.41) is 3.18. The monoisotopic (exact) mass is 344 g/mol. The number of esters is 1. The molecule has 2 atom stereocenters. The van der Waals surface area contributed by atoms with Gasteiger partial charge < -0.3 is 10.1 Å². The number of rotatable bonds is 4. The smallest absolute Gasteiger partial charge is 0.359 e. The molecule has 1 aliphatic rings. The highest BCUT2D eigenvalue weighted by Crippen LogP contribution is 2.23. The molecule has 0 saturated heterocycles. The molecular formula is C15H18Cl2N2O3. The van der Waals surface area contributed by atoms with Gasteiger partial charge in [-0.15, -0.1) is 0 Å². The van der Waals surface area contributed by atoms with E-state index >= 15 is 0 Å². The third-order valence-corrected chi connectivity index (χ3v) is 4.31. The minimum Gasteiger partial charge on any atom is -0.451 e. The van der Waals surface area contributed by atoms with Gasteiger partial charge in [0.15, 0.2) is 12.3 Å². The number of hydrogen-bond donors (Lipinski definition) is 1. The zero-order chi connectivity index (χ0) is 16.1. The van der Waals surface area contributed by atoms with Crippen molar-refractivity contribution in [3.63, 3.8) is 0 Å². The number of nitrogens with zero attached hydrogens (tertiary/aromatic N) is 1. The van der Waals surface area contributed by atoms with E-state index in [0.29, 0.717) is 5.92 Å². The van der Waals surface area contributed by atoms with E-state index in [0.717, 1.165) is 19.3 Å². The van der Waals surface area contributed by atoms with Crippen molar-refractivity contribution < 1.29 is 14.3 Å². The van der Waals surface area contributed by atoms with Gasteiger partial charge in [-0.3, -0.25) is 4.79 Å². The second kappa shape index (κ2) is 7.79. The van der Waals surface area contributed by atoms with Crippen LogP contribution in [0.2, 0.25) is 10.2 Å². The summed E-state index contributed by atoms with van der Waals surface area (Å²) < 4.78 is 4.95. The first-order chi connectivity index (χ1) is 10.5. The van der Waals surface area contributed by atoms with Crippen molar-refractivity contribution in [2.75, 3.05) is 6.61 Å². The quantitative estimate of drug-likeness (QED) is 0.672. The third kappa shape index (κ3) is 4.58. The second-order valence-corrected chi connectivity index (χ2v) is 6.27. The highest BCUT2D eigenvalue weighted by molar-refractivity contribution is 6.34. The van der Waals surface area contributed by atoms with Gasteiger partial charge in [0.1, 0.15) is 5.15 Å². The van der Waals surface area contributed by atoms with E-state index in [-0.39, 0.29) is 34.4 Å². The molecule has 2 rings (SSSR count). The minimum absolute atomic E-state index is 0.0898. The zero-order valence-electron chi connectivity index (χ0n) is 12.3. The summed E-state index contributed by atoms with van der Waals surface area (Å²) >= 11 is 11.6. The summed E-state index contributed by atoms with van der Waals surface area (Å²) in [6.07, 6.45) is 4.37. The Hall–Kier alpha value is -1.33. The molecule has 0 aromatic carbocycles. The van der Waals surface area contributed by atoms with Crippen LogP contribution in [0.5, 0.6) is 0 Å². The Bertz CT molecular complexity index is 566. The van der Waals surface area contributed by atoms with Crippen molar-refractivity contribution in [2.24, 2.45) is 5.92 Å². The average Bonchev–Trinajstić information content (AvgIpc) is 2.49. The Morgan fingerprint density at radius 2 is 2.05 bits per heavy atom. The van der Waals surface area contributed by atoms with Crippen LogP contribution >= 0.6 is 23.2 Å². The Morgan fingerprint density at radius 3 is 2.77 bits per heavy atom. The van der Waals surface area contributed by atoms with Crippen LogP contribution in [0.3, 0.4) is 0 Å². The maximum Gasteiger partial charge on any atom is 0.359 e. The van der Waals surface area contributed by atoms with Gasteiger partial charge in [-0.25, -0.2) is 9.78 Å². The normalized spacial score (nSPS) is 21.2. The first-order valence-corrected chi connectivity index (χ1v) is 8.01. The van der Waals surface area contributed by atoms with Gasteiger partial charge in [-0.05, 0) is 30.9 Å². The van der Waals surface area contributed by atoms with Crippen molar-refractivity contribution in [1.82, 2.24) is 10.3 Å². The lowest BCUT2D eigenvalue weighted by Crippen LogP contribution is -2.42. The SMILES string of the molecule is C[C@H]1CCCC[C@@H]1NC(=O)COC(=O)c1nc(Cl)ccc1Cl. The molecule has 120 valence electrons. The van der Waals surface area contributed by atoms with Crippen LogP contribution in [0, 0.1) is 5.92 Å². The number of ether oxygens (including phenoxy) is 1. The number of nitrogens with one attached hydrogen (secondary N) is 1. The summed E-state index contributed by atoms with van der Waals surface area (Å²) in [6, 6.07) is 3.07. The molecule has 1 heterocycles. The molecule has 1 N–H and O–H groups in total. The maximum atomic E-state index is 11.9. The fourth-order valence-corrected chi connectivity index (χ4v) is 2.87. The summed E-state index contributed by atoms with van der Waals surface area (Å²) in [5.74, 6) is -0.637. The van der Waals surface area contributed by atoms with Gasteiger partial charge in [0.25, 0.3) is 5.91 Å². The van der Waals surface area contributed by atoms with Crippen molar-refractivity contribution in [3.05, 3.63) is 28.0 Å². The number of pyridine rings is 1. The van der Waals surface area contributed by atoms with E-state index in [2.05, 4.69) is 17.2 Å². The summed E-state index contributed by atoms with van der Waals surface area (Å²) in [5.41, 5.74) is -0.0898. The molecule has 1 saturated carbocycles. The lowest BCUT2D eigenvalue weighted by Gasteiger charge is -2.29. The van der Waals surface area contributed by atoms with Crippen molar-refractivity contribution in [3.8, 4) is 0 Å². The van der Waals surface area contributed by atoms with Crippen LogP contribution in [0.15, 0.2) is 12.1 Å². The predicted molar refractivity (Wildman–Crippen MR) is 84.1 cm³/mol. The summed E-state index contributed by atoms with van der Waals surface area (Å²) in [6.45, 7) is 1.76. The van der Waals surface area contributed by atoms with Crippen LogP contribution in [0.1, 0.15) is 43.1 Å². The van der Waals surface area contributed by atoms with Crippen LogP contribution in [-0.2, 0) is 9.53 Å². The molecular weight excluding hydrogens is 327 g/mol. The van der Waals surface area contributed by atoms with E-state index in [4.69, 9.17) is 27.9 Å². The van der Waals surface area contributed by atoms with Crippen molar-refractivity contribution in [2.45, 2.75) is 38.6 Å². The highest BCUT2D eigenvalue weighted by Gasteiger charge is 2.23. The van der Waals surface area contributed by atoms with E-state index < -0.39 is 5.97 Å². The number of carbonyl (C=O) groups is 2. The molecule has 0 spiro atoms. The van der Waals surface area contributed by atoms with E-state index in [9.17, 15) is 9.59 Å². The van der Waals surface area contributed by atoms with Crippen LogP contribution in [0.4, 0.5) is 0 Å². The Labute approximate surface area is 139 Å². The fraction of sp³-hybridized carbons (Fsp3) is 0.533. The van der Waals surface area contributed by atoms with Crippen LogP contribution in [-0.4, -0.2) is 29.5 Å². The van der Waals surface area contributed by atoms with Crippen LogP contribution in [0.25, 0.3) is 0 Å². The molecule has 1 fully saturated rings. The standard InChI is InChI=1S/C15H18Cl2N2O3/c1-9-4-2-3-5-11(9)18-13(20)8-22-15(21)14-10(16)6-7-12(17)19-14/h6-7,9,11H,2-5,8H2,1H3,(H,18,20)/t9-,11-/m0/s1. The van der Waals surface area contributed by atoms with Gasteiger partial charge in [0.2, 0.25) is 0 Å². The topological polar surface area (TPSA) is 68.3 Å². The Kier molecular flexibility index (Phi) is 6.03. The van der Waals surface area contributed by atoms with Gasteiger partial charge in [-0.1, -0.05) is 43.0 Å². The first kappa shape index (κ1) is 17.0.